The van der Waals surface area contributed by atoms with Crippen LogP contribution in [0.4, 0.5) is 0 Å². The summed E-state index contributed by atoms with van der Waals surface area (Å²) in [5, 5.41) is 0. The molecule has 0 aromatic carbocycles. The van der Waals surface area contributed by atoms with Crippen LogP contribution in [0.1, 0.15) is 25.2 Å². The van der Waals surface area contributed by atoms with Crippen molar-refractivity contribution >= 4 is 0 Å². The fourth-order valence-electron chi connectivity index (χ4n) is 1.34. The van der Waals surface area contributed by atoms with Crippen LogP contribution in [-0.4, -0.2) is 4.98 Å². The molecule has 2 heteroatoms. The maximum absolute atomic E-state index is 5.70. The Morgan fingerprint density at radius 2 is 1.80 bits per heavy atom. The summed E-state index contributed by atoms with van der Waals surface area (Å²) in [6.45, 7) is 7.85. The summed E-state index contributed by atoms with van der Waals surface area (Å²) in [4.78, 5) is 4.30. The molecule has 1 aromatic rings. The molecule has 0 aliphatic carbocycles. The zero-order valence-corrected chi connectivity index (χ0v) is 9.74. The normalized spacial score (nSPS) is 12.1. The van der Waals surface area contributed by atoms with E-state index in [0.29, 0.717) is 0 Å². The Hall–Kier alpha value is -1.57. The highest BCUT2D eigenvalue weighted by atomic mass is 16.5. The molecule has 80 valence electrons. The van der Waals surface area contributed by atoms with Gasteiger partial charge in [-0.3, -0.25) is 4.98 Å². The third-order valence-corrected chi connectivity index (χ3v) is 1.91. The maximum atomic E-state index is 5.70. The molecule has 0 bridgehead atoms. The minimum Gasteiger partial charge on any atom is -0.458 e. The Labute approximate surface area is 91.3 Å². The summed E-state index contributed by atoms with van der Waals surface area (Å²) in [5.41, 5.74) is 1.95. The lowest BCUT2D eigenvalue weighted by molar-refractivity contribution is 0.441. The molecule has 0 atom stereocenters. The lowest BCUT2D eigenvalue weighted by Gasteiger charge is -2.07. The summed E-state index contributed by atoms with van der Waals surface area (Å²) in [5.74, 6) is 1.69. The van der Waals surface area contributed by atoms with Crippen LogP contribution in [0.5, 0.6) is 5.75 Å². The van der Waals surface area contributed by atoms with Crippen molar-refractivity contribution < 1.29 is 4.74 Å². The van der Waals surface area contributed by atoms with Gasteiger partial charge in [0.25, 0.3) is 0 Å². The number of ether oxygens (including phenoxy) is 1. The van der Waals surface area contributed by atoms with Gasteiger partial charge in [-0.2, -0.15) is 0 Å². The van der Waals surface area contributed by atoms with E-state index in [1.807, 2.05) is 58.1 Å². The molecule has 0 saturated heterocycles. The van der Waals surface area contributed by atoms with Gasteiger partial charge in [0, 0.05) is 23.5 Å². The number of aromatic nitrogens is 1. The molecule has 1 aromatic heterocycles. The van der Waals surface area contributed by atoms with Gasteiger partial charge in [-0.1, -0.05) is 6.08 Å². The molecular formula is C13H17NO. The van der Waals surface area contributed by atoms with Gasteiger partial charge in [0.1, 0.15) is 11.5 Å². The topological polar surface area (TPSA) is 22.1 Å². The van der Waals surface area contributed by atoms with E-state index in [-0.39, 0.29) is 0 Å². The maximum Gasteiger partial charge on any atom is 0.131 e. The smallest absolute Gasteiger partial charge is 0.131 e. The monoisotopic (exact) mass is 203 g/mol. The van der Waals surface area contributed by atoms with Gasteiger partial charge in [0.05, 0.1) is 0 Å². The highest BCUT2D eigenvalue weighted by Crippen LogP contribution is 2.16. The minimum absolute atomic E-state index is 0.839. The summed E-state index contributed by atoms with van der Waals surface area (Å²) in [6, 6.07) is 3.86. The van der Waals surface area contributed by atoms with Gasteiger partial charge in [0.2, 0.25) is 0 Å². The van der Waals surface area contributed by atoms with E-state index < -0.39 is 0 Å². The van der Waals surface area contributed by atoms with E-state index in [9.17, 15) is 0 Å². The van der Waals surface area contributed by atoms with E-state index >= 15 is 0 Å². The van der Waals surface area contributed by atoms with Crippen LogP contribution in [0.15, 0.2) is 36.1 Å². The van der Waals surface area contributed by atoms with Crippen molar-refractivity contribution in [1.82, 2.24) is 4.98 Å². The molecule has 0 saturated carbocycles. The number of allylic oxidation sites excluding steroid dienone is 3. The van der Waals surface area contributed by atoms with Crippen LogP contribution >= 0.6 is 0 Å². The predicted molar refractivity (Wildman–Crippen MR) is 62.9 cm³/mol. The van der Waals surface area contributed by atoms with E-state index in [0.717, 1.165) is 22.9 Å². The Morgan fingerprint density at radius 3 is 2.27 bits per heavy atom. The van der Waals surface area contributed by atoms with Gasteiger partial charge in [-0.25, -0.2) is 0 Å². The second-order valence-corrected chi connectivity index (χ2v) is 3.38. The molecule has 0 N–H and O–H groups in total. The molecule has 0 aliphatic rings. The van der Waals surface area contributed by atoms with Crippen molar-refractivity contribution in [3.63, 3.8) is 0 Å². The van der Waals surface area contributed by atoms with Crippen molar-refractivity contribution in [2.45, 2.75) is 27.7 Å². The van der Waals surface area contributed by atoms with Gasteiger partial charge in [-0.05, 0) is 39.8 Å². The van der Waals surface area contributed by atoms with Crippen molar-refractivity contribution in [2.75, 3.05) is 0 Å². The molecule has 1 heterocycles. The first-order valence-corrected chi connectivity index (χ1v) is 5.08. The third-order valence-electron chi connectivity index (χ3n) is 1.91. The zero-order chi connectivity index (χ0) is 11.3. The molecule has 0 unspecified atom stereocenters. The van der Waals surface area contributed by atoms with Crippen molar-refractivity contribution in [2.24, 2.45) is 0 Å². The summed E-state index contributed by atoms with van der Waals surface area (Å²) in [6.07, 6.45) is 5.83. The van der Waals surface area contributed by atoms with Crippen LogP contribution in [-0.2, 0) is 0 Å². The molecule has 0 aliphatic heterocycles. The second-order valence-electron chi connectivity index (χ2n) is 3.38. The van der Waals surface area contributed by atoms with E-state index in [2.05, 4.69) is 4.98 Å². The molecule has 15 heavy (non-hydrogen) atoms. The molecule has 1 rings (SSSR count). The number of aryl methyl sites for hydroxylation is 2. The lowest BCUT2D eigenvalue weighted by Crippen LogP contribution is -1.94. The summed E-state index contributed by atoms with van der Waals surface area (Å²) in [7, 11) is 0. The van der Waals surface area contributed by atoms with Crippen molar-refractivity contribution in [1.29, 1.82) is 0 Å². The molecule has 0 amide bonds. The van der Waals surface area contributed by atoms with Crippen molar-refractivity contribution in [3.8, 4) is 5.75 Å². The summed E-state index contributed by atoms with van der Waals surface area (Å²) < 4.78 is 5.70. The van der Waals surface area contributed by atoms with Crippen LogP contribution in [0.2, 0.25) is 0 Å². The number of nitrogens with zero attached hydrogens (tertiary/aromatic N) is 1. The molecular weight excluding hydrogens is 186 g/mol. The first-order chi connectivity index (χ1) is 7.15. The van der Waals surface area contributed by atoms with E-state index in [4.69, 9.17) is 4.74 Å². The van der Waals surface area contributed by atoms with Gasteiger partial charge in [-0.15, -0.1) is 0 Å². The predicted octanol–water partition coefficient (Wildman–Crippen LogP) is 3.56. The number of hydrogen-bond acceptors (Lipinski definition) is 2. The van der Waals surface area contributed by atoms with E-state index in [1.54, 1.807) is 0 Å². The highest BCUT2D eigenvalue weighted by Gasteiger charge is 1.99. The van der Waals surface area contributed by atoms with Crippen LogP contribution in [0.3, 0.4) is 0 Å². The number of rotatable bonds is 3. The summed E-state index contributed by atoms with van der Waals surface area (Å²) >= 11 is 0. The third kappa shape index (κ3) is 3.58. The first-order valence-electron chi connectivity index (χ1n) is 5.08. The lowest BCUT2D eigenvalue weighted by atomic mass is 10.3. The highest BCUT2D eigenvalue weighted by molar-refractivity contribution is 5.29. The average molecular weight is 203 g/mol. The van der Waals surface area contributed by atoms with Crippen LogP contribution < -0.4 is 4.74 Å². The number of pyridine rings is 1. The standard InChI is InChI=1S/C13H17NO/c1-5-7-12(6-2)15-13-8-10(3)14-11(4)9-13/h5-9H,1-4H3/b7-5-,12-6+. The molecule has 0 spiro atoms. The Kier molecular flexibility index (Phi) is 4.10. The minimum atomic E-state index is 0.839. The number of hydrogen-bond donors (Lipinski definition) is 0. The molecule has 2 nitrogen and oxygen atoms in total. The Morgan fingerprint density at radius 1 is 1.20 bits per heavy atom. The van der Waals surface area contributed by atoms with Gasteiger partial charge >= 0.3 is 0 Å². The zero-order valence-electron chi connectivity index (χ0n) is 9.74. The molecule has 0 radical (unpaired) electrons. The second kappa shape index (κ2) is 5.35. The Balaban J connectivity index is 2.88. The van der Waals surface area contributed by atoms with Crippen molar-refractivity contribution in [3.05, 3.63) is 47.5 Å². The van der Waals surface area contributed by atoms with Gasteiger partial charge < -0.3 is 4.74 Å². The fourth-order valence-corrected chi connectivity index (χ4v) is 1.34. The van der Waals surface area contributed by atoms with E-state index in [1.165, 1.54) is 0 Å². The Bertz CT molecular complexity index is 371. The van der Waals surface area contributed by atoms with Crippen LogP contribution in [0, 0.1) is 13.8 Å². The fraction of sp³-hybridized carbons (Fsp3) is 0.308. The average Bonchev–Trinajstić information content (AvgIpc) is 2.15. The molecule has 0 fully saturated rings. The first kappa shape index (κ1) is 11.5. The quantitative estimate of drug-likeness (QED) is 0.553. The van der Waals surface area contributed by atoms with Gasteiger partial charge in [0.15, 0.2) is 0 Å². The SMILES string of the molecule is C/C=C\C(=C/C)Oc1cc(C)nc(C)c1. The largest absolute Gasteiger partial charge is 0.458 e. The van der Waals surface area contributed by atoms with Crippen LogP contribution in [0.25, 0.3) is 0 Å².